The third kappa shape index (κ3) is 7.33. The summed E-state index contributed by atoms with van der Waals surface area (Å²) in [6.45, 7) is 5.59. The van der Waals surface area contributed by atoms with Gasteiger partial charge < -0.3 is 14.4 Å². The van der Waals surface area contributed by atoms with Crippen molar-refractivity contribution in [3.63, 3.8) is 0 Å². The molecule has 8 heteroatoms. The number of para-hydroxylation sites is 2. The molecule has 0 N–H and O–H groups in total. The van der Waals surface area contributed by atoms with Crippen molar-refractivity contribution in [3.05, 3.63) is 92.4 Å². The van der Waals surface area contributed by atoms with Gasteiger partial charge in [0.15, 0.2) is 0 Å². The molecule has 7 nitrogen and oxygen atoms in total. The largest absolute Gasteiger partial charge is 0.495 e. The number of unbranched alkanes of at least 4 members (excludes halogenated alkanes) is 1. The van der Waals surface area contributed by atoms with Gasteiger partial charge in [0, 0.05) is 48.3 Å². The van der Waals surface area contributed by atoms with E-state index in [9.17, 15) is 10.1 Å². The van der Waals surface area contributed by atoms with Gasteiger partial charge in [-0.3, -0.25) is 15.0 Å². The molecule has 0 aromatic heterocycles. The number of piperazine rings is 1. The molecule has 0 saturated carbocycles. The van der Waals surface area contributed by atoms with Crippen LogP contribution in [0.25, 0.3) is 12.2 Å². The monoisotopic (exact) mass is 565 g/mol. The molecule has 0 bridgehead atoms. The molecule has 0 amide bonds. The van der Waals surface area contributed by atoms with Gasteiger partial charge in [0.25, 0.3) is 5.69 Å². The van der Waals surface area contributed by atoms with Crippen LogP contribution in [0.5, 0.6) is 11.5 Å². The van der Waals surface area contributed by atoms with Gasteiger partial charge in [0.1, 0.15) is 11.5 Å². The Kier molecular flexibility index (Phi) is 9.57. The average molecular weight is 566 g/mol. The first-order valence-corrected chi connectivity index (χ1v) is 13.3. The van der Waals surface area contributed by atoms with Crippen LogP contribution < -0.4 is 14.4 Å². The van der Waals surface area contributed by atoms with Crippen molar-refractivity contribution < 1.29 is 14.4 Å². The lowest BCUT2D eigenvalue weighted by atomic mass is 10.1. The third-order valence-corrected chi connectivity index (χ3v) is 7.20. The summed E-state index contributed by atoms with van der Waals surface area (Å²) >= 11 is 3.54. The zero-order chi connectivity index (χ0) is 26.0. The van der Waals surface area contributed by atoms with E-state index in [2.05, 4.69) is 37.9 Å². The normalized spacial score (nSPS) is 14.2. The van der Waals surface area contributed by atoms with E-state index >= 15 is 0 Å². The number of nitrogens with zero attached hydrogens (tertiary/aromatic N) is 3. The summed E-state index contributed by atoms with van der Waals surface area (Å²) in [7, 11) is 1.72. The van der Waals surface area contributed by atoms with Crippen LogP contribution in [0.15, 0.2) is 71.2 Å². The number of non-ortho nitro benzene ring substituents is 1. The molecule has 1 saturated heterocycles. The van der Waals surface area contributed by atoms with E-state index in [0.717, 1.165) is 67.0 Å². The first-order valence-electron chi connectivity index (χ1n) is 12.5. The van der Waals surface area contributed by atoms with Gasteiger partial charge >= 0.3 is 0 Å². The minimum Gasteiger partial charge on any atom is -0.495 e. The number of nitro benzene ring substituents is 1. The van der Waals surface area contributed by atoms with Crippen molar-refractivity contribution in [2.24, 2.45) is 0 Å². The Morgan fingerprint density at radius 1 is 0.919 bits per heavy atom. The van der Waals surface area contributed by atoms with Gasteiger partial charge in [0.2, 0.25) is 0 Å². The number of ether oxygens (including phenoxy) is 2. The first kappa shape index (κ1) is 26.7. The SMILES string of the molecule is COc1ccccc1N1CCN(CCCCOc2ccc([N+](=O)[O-])cc2/C=C/c2ccccc2Br)CC1. The van der Waals surface area contributed by atoms with Crippen molar-refractivity contribution in [3.8, 4) is 11.5 Å². The van der Waals surface area contributed by atoms with E-state index < -0.39 is 0 Å². The number of methoxy groups -OCH3 is 1. The van der Waals surface area contributed by atoms with Crippen LogP contribution >= 0.6 is 15.9 Å². The summed E-state index contributed by atoms with van der Waals surface area (Å²) in [5.74, 6) is 1.57. The second-order valence-electron chi connectivity index (χ2n) is 8.89. The molecule has 1 aliphatic heterocycles. The van der Waals surface area contributed by atoms with E-state index in [-0.39, 0.29) is 10.6 Å². The molecule has 0 atom stereocenters. The lowest BCUT2D eigenvalue weighted by Gasteiger charge is -2.36. The number of halogens is 1. The van der Waals surface area contributed by atoms with Crippen LogP contribution in [0, 0.1) is 10.1 Å². The topological polar surface area (TPSA) is 68.1 Å². The van der Waals surface area contributed by atoms with Crippen LogP contribution in [0.4, 0.5) is 11.4 Å². The van der Waals surface area contributed by atoms with Gasteiger partial charge in [-0.05, 0) is 49.2 Å². The molecule has 4 rings (SSSR count). The van der Waals surface area contributed by atoms with E-state index in [1.807, 2.05) is 48.6 Å². The quantitative estimate of drug-likeness (QED) is 0.114. The van der Waals surface area contributed by atoms with Crippen LogP contribution in [-0.4, -0.2) is 56.3 Å². The highest BCUT2D eigenvalue weighted by Crippen LogP contribution is 2.29. The van der Waals surface area contributed by atoms with Crippen LogP contribution in [0.2, 0.25) is 0 Å². The van der Waals surface area contributed by atoms with Crippen molar-refractivity contribution >= 4 is 39.5 Å². The van der Waals surface area contributed by atoms with Gasteiger partial charge in [-0.1, -0.05) is 58.4 Å². The smallest absolute Gasteiger partial charge is 0.270 e. The molecular weight excluding hydrogens is 534 g/mol. The third-order valence-electron chi connectivity index (χ3n) is 6.48. The first-order chi connectivity index (χ1) is 18.0. The van der Waals surface area contributed by atoms with Crippen molar-refractivity contribution in [2.45, 2.75) is 12.8 Å². The summed E-state index contributed by atoms with van der Waals surface area (Å²) in [4.78, 5) is 15.8. The fourth-order valence-corrected chi connectivity index (χ4v) is 4.84. The maximum absolute atomic E-state index is 11.3. The van der Waals surface area contributed by atoms with Gasteiger partial charge in [-0.2, -0.15) is 0 Å². The number of nitro groups is 1. The van der Waals surface area contributed by atoms with Crippen molar-refractivity contribution in [2.75, 3.05) is 51.3 Å². The number of hydrogen-bond acceptors (Lipinski definition) is 6. The zero-order valence-corrected chi connectivity index (χ0v) is 22.6. The molecular formula is C29H32BrN3O4. The van der Waals surface area contributed by atoms with Gasteiger partial charge in [0.05, 0.1) is 24.3 Å². The highest BCUT2D eigenvalue weighted by Gasteiger charge is 2.19. The Labute approximate surface area is 226 Å². The molecule has 194 valence electrons. The van der Waals surface area contributed by atoms with E-state index in [0.29, 0.717) is 17.9 Å². The van der Waals surface area contributed by atoms with E-state index in [1.54, 1.807) is 19.2 Å². The van der Waals surface area contributed by atoms with Crippen LogP contribution in [-0.2, 0) is 0 Å². The predicted octanol–water partition coefficient (Wildman–Crippen LogP) is 6.52. The lowest BCUT2D eigenvalue weighted by Crippen LogP contribution is -2.46. The summed E-state index contributed by atoms with van der Waals surface area (Å²) in [6, 6.07) is 20.8. The maximum Gasteiger partial charge on any atom is 0.270 e. The highest BCUT2D eigenvalue weighted by molar-refractivity contribution is 9.10. The molecule has 1 heterocycles. The zero-order valence-electron chi connectivity index (χ0n) is 21.0. The van der Waals surface area contributed by atoms with E-state index in [1.165, 1.54) is 6.07 Å². The van der Waals surface area contributed by atoms with Crippen molar-refractivity contribution in [1.82, 2.24) is 4.90 Å². The van der Waals surface area contributed by atoms with Crippen molar-refractivity contribution in [1.29, 1.82) is 0 Å². The second kappa shape index (κ2) is 13.3. The summed E-state index contributed by atoms with van der Waals surface area (Å²) in [6.07, 6.45) is 5.74. The average Bonchev–Trinajstić information content (AvgIpc) is 2.93. The molecule has 0 radical (unpaired) electrons. The Bertz CT molecular complexity index is 1230. The molecule has 1 aliphatic rings. The summed E-state index contributed by atoms with van der Waals surface area (Å²) < 4.78 is 12.5. The summed E-state index contributed by atoms with van der Waals surface area (Å²) in [5.41, 5.74) is 2.89. The van der Waals surface area contributed by atoms with E-state index in [4.69, 9.17) is 9.47 Å². The van der Waals surface area contributed by atoms with Gasteiger partial charge in [-0.25, -0.2) is 0 Å². The number of anilines is 1. The molecule has 0 aliphatic carbocycles. The Morgan fingerprint density at radius 2 is 1.65 bits per heavy atom. The number of rotatable bonds is 11. The van der Waals surface area contributed by atoms with Crippen LogP contribution in [0.1, 0.15) is 24.0 Å². The Morgan fingerprint density at radius 3 is 2.41 bits per heavy atom. The molecule has 37 heavy (non-hydrogen) atoms. The molecule has 3 aromatic rings. The number of benzene rings is 3. The molecule has 0 spiro atoms. The lowest BCUT2D eigenvalue weighted by molar-refractivity contribution is -0.384. The predicted molar refractivity (Wildman–Crippen MR) is 153 cm³/mol. The molecule has 1 fully saturated rings. The Hall–Kier alpha value is -3.36. The second-order valence-corrected chi connectivity index (χ2v) is 9.74. The molecule has 0 unspecified atom stereocenters. The maximum atomic E-state index is 11.3. The molecule has 3 aromatic carbocycles. The highest BCUT2D eigenvalue weighted by atomic mass is 79.9. The number of hydrogen-bond donors (Lipinski definition) is 0. The fourth-order valence-electron chi connectivity index (χ4n) is 4.42. The minimum atomic E-state index is -0.382. The standard InChI is InChI=1S/C29H32BrN3O4/c1-36-29-11-5-4-10-27(29)32-19-17-31(18-20-32)16-6-7-21-37-28-15-14-25(33(34)35)22-24(28)13-12-23-8-2-3-9-26(23)30/h2-5,8-15,22H,6-7,16-21H2,1H3/b13-12+. The van der Waals surface area contributed by atoms with Gasteiger partial charge in [-0.15, -0.1) is 0 Å². The minimum absolute atomic E-state index is 0.0476. The summed E-state index contributed by atoms with van der Waals surface area (Å²) in [5, 5.41) is 11.3. The van der Waals surface area contributed by atoms with Crippen LogP contribution in [0.3, 0.4) is 0 Å². The Balaban J connectivity index is 1.26. The fraction of sp³-hybridized carbons (Fsp3) is 0.310.